The fraction of sp³-hybridized carbons (Fsp3) is 0.286. The van der Waals surface area contributed by atoms with Gasteiger partial charge in [-0.05, 0) is 61.8 Å². The zero-order valence-electron chi connectivity index (χ0n) is 19.2. The highest BCUT2D eigenvalue weighted by Gasteiger charge is 2.19. The zero-order chi connectivity index (χ0) is 23.5. The molecule has 0 amide bonds. The third-order valence-electron chi connectivity index (χ3n) is 6.72. The highest BCUT2D eigenvalue weighted by atomic mass is 35.5. The van der Waals surface area contributed by atoms with Gasteiger partial charge in [-0.1, -0.05) is 29.8 Å². The molecule has 2 aromatic carbocycles. The van der Waals surface area contributed by atoms with Crippen molar-refractivity contribution in [1.29, 1.82) is 5.26 Å². The van der Waals surface area contributed by atoms with E-state index in [4.69, 9.17) is 21.6 Å². The number of benzene rings is 2. The Bertz CT molecular complexity index is 1350. The molecule has 1 saturated heterocycles. The van der Waals surface area contributed by atoms with Crippen LogP contribution in [0.15, 0.2) is 67.1 Å². The second kappa shape index (κ2) is 9.89. The Labute approximate surface area is 205 Å². The van der Waals surface area contributed by atoms with Crippen molar-refractivity contribution in [3.05, 3.63) is 72.1 Å². The molecule has 0 atom stereocenters. The molecule has 0 unspecified atom stereocenters. The lowest BCUT2D eigenvalue weighted by Gasteiger charge is -2.29. The first-order valence-electron chi connectivity index (χ1n) is 11.6. The number of nitrogens with zero attached hydrogens (tertiary/aromatic N) is 4. The van der Waals surface area contributed by atoms with Gasteiger partial charge in [0.05, 0.1) is 18.7 Å². The lowest BCUT2D eigenvalue weighted by molar-refractivity contribution is 0.200. The van der Waals surface area contributed by atoms with Crippen LogP contribution in [0.1, 0.15) is 12.8 Å². The van der Waals surface area contributed by atoms with E-state index in [-0.39, 0.29) is 5.92 Å². The molecule has 0 radical (unpaired) electrons. The van der Waals surface area contributed by atoms with Crippen LogP contribution in [0.3, 0.4) is 0 Å². The number of methoxy groups -OCH3 is 1. The highest BCUT2D eigenvalue weighted by Crippen LogP contribution is 2.34. The van der Waals surface area contributed by atoms with Crippen molar-refractivity contribution in [3.8, 4) is 34.1 Å². The predicted octanol–water partition coefficient (Wildman–Crippen LogP) is 6.27. The summed E-state index contributed by atoms with van der Waals surface area (Å²) >= 11 is 6.38. The number of aromatic nitrogens is 2. The minimum Gasteiger partial charge on any atom is -0.497 e. The van der Waals surface area contributed by atoms with Crippen LogP contribution in [0.2, 0.25) is 5.02 Å². The van der Waals surface area contributed by atoms with Gasteiger partial charge >= 0.3 is 0 Å². The van der Waals surface area contributed by atoms with E-state index in [1.165, 1.54) is 0 Å². The summed E-state index contributed by atoms with van der Waals surface area (Å²) in [5, 5.41) is 11.1. The summed E-state index contributed by atoms with van der Waals surface area (Å²) in [4.78, 5) is 7.00. The van der Waals surface area contributed by atoms with E-state index in [1.807, 2.05) is 42.7 Å². The number of nitriles is 1. The fourth-order valence-corrected chi connectivity index (χ4v) is 4.93. The van der Waals surface area contributed by atoms with Gasteiger partial charge in [0.1, 0.15) is 5.75 Å². The second-order valence-corrected chi connectivity index (χ2v) is 9.27. The van der Waals surface area contributed by atoms with Crippen LogP contribution in [-0.2, 0) is 6.54 Å². The van der Waals surface area contributed by atoms with Gasteiger partial charge in [0, 0.05) is 64.7 Å². The summed E-state index contributed by atoms with van der Waals surface area (Å²) in [6.45, 7) is 3.79. The number of hydrogen-bond donors (Lipinski definition) is 0. The fourth-order valence-electron chi connectivity index (χ4n) is 4.76. The minimum absolute atomic E-state index is 0.207. The Morgan fingerprint density at radius 1 is 1.03 bits per heavy atom. The number of pyridine rings is 1. The SMILES string of the molecule is COc1cccc(-c2cncc(-c3cn(CCN4CCC(C#N)CC4)c4cc(Cl)ccc34)c2)c1. The van der Waals surface area contributed by atoms with Crippen LogP contribution in [-0.4, -0.2) is 41.2 Å². The summed E-state index contributed by atoms with van der Waals surface area (Å²) < 4.78 is 7.69. The van der Waals surface area contributed by atoms with Crippen molar-refractivity contribution in [2.75, 3.05) is 26.7 Å². The van der Waals surface area contributed by atoms with Gasteiger partial charge in [-0.2, -0.15) is 5.26 Å². The maximum absolute atomic E-state index is 9.16. The molecule has 0 bridgehead atoms. The molecule has 6 heteroatoms. The molecule has 5 nitrogen and oxygen atoms in total. The molecular weight excluding hydrogens is 444 g/mol. The van der Waals surface area contributed by atoms with Crippen molar-refractivity contribution in [1.82, 2.24) is 14.5 Å². The minimum atomic E-state index is 0.207. The Hall–Kier alpha value is -3.33. The molecule has 3 heterocycles. The van der Waals surface area contributed by atoms with E-state index < -0.39 is 0 Å². The molecule has 1 fully saturated rings. The molecule has 34 heavy (non-hydrogen) atoms. The van der Waals surface area contributed by atoms with E-state index in [0.717, 1.165) is 82.9 Å². The van der Waals surface area contributed by atoms with E-state index in [0.29, 0.717) is 0 Å². The van der Waals surface area contributed by atoms with Crippen LogP contribution >= 0.6 is 11.6 Å². The Morgan fingerprint density at radius 2 is 1.85 bits per heavy atom. The second-order valence-electron chi connectivity index (χ2n) is 8.84. The summed E-state index contributed by atoms with van der Waals surface area (Å²) in [5.41, 5.74) is 5.46. The lowest BCUT2D eigenvalue weighted by atomic mass is 9.99. The molecule has 2 aromatic heterocycles. The average molecular weight is 471 g/mol. The van der Waals surface area contributed by atoms with Gasteiger partial charge in [0.15, 0.2) is 0 Å². The molecule has 172 valence electrons. The monoisotopic (exact) mass is 470 g/mol. The van der Waals surface area contributed by atoms with E-state index >= 15 is 0 Å². The number of halogens is 1. The number of rotatable bonds is 6. The van der Waals surface area contributed by atoms with E-state index in [2.05, 4.69) is 44.9 Å². The van der Waals surface area contributed by atoms with Crippen LogP contribution in [0, 0.1) is 17.2 Å². The topological polar surface area (TPSA) is 54.1 Å². The third-order valence-corrected chi connectivity index (χ3v) is 6.96. The molecule has 0 aliphatic carbocycles. The Balaban J connectivity index is 1.46. The number of ether oxygens (including phenoxy) is 1. The van der Waals surface area contributed by atoms with Crippen LogP contribution in [0.5, 0.6) is 5.75 Å². The number of piperidine rings is 1. The smallest absolute Gasteiger partial charge is 0.119 e. The van der Waals surface area contributed by atoms with Crippen LogP contribution < -0.4 is 4.74 Å². The van der Waals surface area contributed by atoms with Crippen molar-refractivity contribution >= 4 is 22.5 Å². The van der Waals surface area contributed by atoms with E-state index in [9.17, 15) is 0 Å². The standard InChI is InChI=1S/C28H27ClN4O/c1-34-25-4-2-3-21(14-25)22-13-23(18-31-17-22)27-19-33(28-15-24(29)5-6-26(27)28)12-11-32-9-7-20(16-30)8-10-32/h2-6,13-15,17-20H,7-12H2,1H3. The largest absolute Gasteiger partial charge is 0.497 e. The predicted molar refractivity (Wildman–Crippen MR) is 137 cm³/mol. The maximum Gasteiger partial charge on any atom is 0.119 e. The zero-order valence-corrected chi connectivity index (χ0v) is 20.0. The lowest BCUT2D eigenvalue weighted by Crippen LogP contribution is -2.35. The summed E-state index contributed by atoms with van der Waals surface area (Å²) in [6.07, 6.45) is 7.95. The first-order valence-corrected chi connectivity index (χ1v) is 12.0. The van der Waals surface area contributed by atoms with Gasteiger partial charge in [-0.25, -0.2) is 0 Å². The first kappa shape index (κ1) is 22.5. The molecule has 0 spiro atoms. The van der Waals surface area contributed by atoms with Crippen molar-refractivity contribution in [2.45, 2.75) is 19.4 Å². The normalized spacial score (nSPS) is 14.9. The Kier molecular flexibility index (Phi) is 6.53. The molecule has 4 aromatic rings. The van der Waals surface area contributed by atoms with Gasteiger partial charge in [-0.15, -0.1) is 0 Å². The van der Waals surface area contributed by atoms with Gasteiger partial charge in [0.2, 0.25) is 0 Å². The summed E-state index contributed by atoms with van der Waals surface area (Å²) in [6, 6.07) is 18.7. The third kappa shape index (κ3) is 4.65. The van der Waals surface area contributed by atoms with Crippen molar-refractivity contribution in [3.63, 3.8) is 0 Å². The van der Waals surface area contributed by atoms with E-state index in [1.54, 1.807) is 7.11 Å². The average Bonchev–Trinajstić information content (AvgIpc) is 3.25. The maximum atomic E-state index is 9.16. The van der Waals surface area contributed by atoms with Crippen LogP contribution in [0.4, 0.5) is 0 Å². The summed E-state index contributed by atoms with van der Waals surface area (Å²) in [7, 11) is 1.68. The first-order chi connectivity index (χ1) is 16.6. The number of hydrogen-bond acceptors (Lipinski definition) is 4. The summed E-state index contributed by atoms with van der Waals surface area (Å²) in [5.74, 6) is 1.03. The molecule has 0 N–H and O–H groups in total. The molecular formula is C28H27ClN4O. The van der Waals surface area contributed by atoms with Gasteiger partial charge in [-0.3, -0.25) is 4.98 Å². The van der Waals surface area contributed by atoms with Crippen molar-refractivity contribution in [2.24, 2.45) is 5.92 Å². The van der Waals surface area contributed by atoms with Gasteiger partial charge < -0.3 is 14.2 Å². The number of likely N-dealkylation sites (tertiary alicyclic amines) is 1. The molecule has 1 aliphatic heterocycles. The van der Waals surface area contributed by atoms with Crippen LogP contribution in [0.25, 0.3) is 33.2 Å². The van der Waals surface area contributed by atoms with Gasteiger partial charge in [0.25, 0.3) is 0 Å². The quantitative estimate of drug-likeness (QED) is 0.333. The Morgan fingerprint density at radius 3 is 2.65 bits per heavy atom. The highest BCUT2D eigenvalue weighted by molar-refractivity contribution is 6.31. The number of fused-ring (bicyclic) bond motifs is 1. The van der Waals surface area contributed by atoms with Crippen molar-refractivity contribution < 1.29 is 4.74 Å². The molecule has 1 aliphatic rings. The molecule has 5 rings (SSSR count). The molecule has 0 saturated carbocycles.